The van der Waals surface area contributed by atoms with Crippen molar-refractivity contribution in [3.8, 4) is 5.75 Å². The van der Waals surface area contributed by atoms with Gasteiger partial charge in [-0.15, -0.1) is 0 Å². The van der Waals surface area contributed by atoms with Crippen LogP contribution in [0.1, 0.15) is 28.8 Å². The predicted molar refractivity (Wildman–Crippen MR) is 113 cm³/mol. The van der Waals surface area contributed by atoms with Crippen LogP contribution in [0.2, 0.25) is 0 Å². The number of aryl methyl sites for hydroxylation is 1. The largest absolute Gasteiger partial charge is 0.493 e. The van der Waals surface area contributed by atoms with Crippen molar-refractivity contribution in [2.24, 2.45) is 0 Å². The van der Waals surface area contributed by atoms with Crippen molar-refractivity contribution in [1.29, 1.82) is 0 Å². The average molecular weight is 390 g/mol. The lowest BCUT2D eigenvalue weighted by Gasteiger charge is -2.34. The monoisotopic (exact) mass is 390 g/mol. The van der Waals surface area contributed by atoms with Gasteiger partial charge in [-0.1, -0.05) is 30.3 Å². The number of benzene rings is 2. The fourth-order valence-corrected chi connectivity index (χ4v) is 3.77. The molecule has 0 N–H and O–H groups in total. The normalized spacial score (nSPS) is 14.9. The predicted octanol–water partition coefficient (Wildman–Crippen LogP) is 3.29. The standard InChI is InChI=1S/C23H26N4O2/c1-3-29-21-11-7-5-9-19(21)23(28)27-14-12-26(13-15-27)16-22-24-17(2)18-8-4-6-10-20(18)25-22/h4-11H,3,12-16H2,1-2H3. The summed E-state index contributed by atoms with van der Waals surface area (Å²) in [5, 5.41) is 1.10. The molecule has 1 saturated heterocycles. The highest BCUT2D eigenvalue weighted by atomic mass is 16.5. The van der Waals surface area contributed by atoms with Gasteiger partial charge in [0.25, 0.3) is 5.91 Å². The number of nitrogens with zero attached hydrogens (tertiary/aromatic N) is 4. The molecular formula is C23H26N4O2. The summed E-state index contributed by atoms with van der Waals surface area (Å²) in [6.07, 6.45) is 0. The molecule has 1 aliphatic rings. The van der Waals surface area contributed by atoms with E-state index in [-0.39, 0.29) is 5.91 Å². The van der Waals surface area contributed by atoms with Crippen LogP contribution in [0, 0.1) is 6.92 Å². The van der Waals surface area contributed by atoms with Crippen molar-refractivity contribution in [3.05, 3.63) is 65.6 Å². The number of hydrogen-bond donors (Lipinski definition) is 0. The zero-order valence-electron chi connectivity index (χ0n) is 17.0. The van der Waals surface area contributed by atoms with Crippen LogP contribution >= 0.6 is 0 Å². The molecule has 0 radical (unpaired) electrons. The average Bonchev–Trinajstić information content (AvgIpc) is 2.74. The van der Waals surface area contributed by atoms with Crippen molar-refractivity contribution in [2.75, 3.05) is 32.8 Å². The van der Waals surface area contributed by atoms with E-state index >= 15 is 0 Å². The summed E-state index contributed by atoms with van der Waals surface area (Å²) >= 11 is 0. The van der Waals surface area contributed by atoms with Crippen LogP contribution in [0.5, 0.6) is 5.75 Å². The maximum Gasteiger partial charge on any atom is 0.257 e. The Balaban J connectivity index is 1.40. The fourth-order valence-electron chi connectivity index (χ4n) is 3.77. The quantitative estimate of drug-likeness (QED) is 0.669. The Morgan fingerprint density at radius 1 is 1.00 bits per heavy atom. The molecule has 6 nitrogen and oxygen atoms in total. The van der Waals surface area contributed by atoms with Crippen LogP contribution in [-0.2, 0) is 6.54 Å². The molecule has 1 aromatic heterocycles. The van der Waals surface area contributed by atoms with E-state index in [2.05, 4.69) is 16.0 Å². The molecule has 0 aliphatic carbocycles. The topological polar surface area (TPSA) is 58.6 Å². The number of ether oxygens (including phenoxy) is 1. The zero-order valence-corrected chi connectivity index (χ0v) is 17.0. The number of piperazine rings is 1. The second-order valence-corrected chi connectivity index (χ2v) is 7.24. The molecule has 0 bridgehead atoms. The first-order chi connectivity index (χ1) is 14.2. The summed E-state index contributed by atoms with van der Waals surface area (Å²) in [6.45, 7) is 8.18. The van der Waals surface area contributed by atoms with Crippen LogP contribution in [0.25, 0.3) is 10.9 Å². The van der Waals surface area contributed by atoms with Gasteiger partial charge in [0.15, 0.2) is 0 Å². The lowest BCUT2D eigenvalue weighted by atomic mass is 10.1. The Bertz CT molecular complexity index is 1010. The number of rotatable bonds is 5. The third-order valence-electron chi connectivity index (χ3n) is 5.28. The van der Waals surface area contributed by atoms with E-state index in [0.29, 0.717) is 37.6 Å². The minimum Gasteiger partial charge on any atom is -0.493 e. The Kier molecular flexibility index (Phi) is 5.71. The summed E-state index contributed by atoms with van der Waals surface area (Å²) in [7, 11) is 0. The van der Waals surface area contributed by atoms with Gasteiger partial charge in [-0.3, -0.25) is 9.69 Å². The maximum absolute atomic E-state index is 13.0. The van der Waals surface area contributed by atoms with E-state index in [9.17, 15) is 4.79 Å². The molecule has 1 amide bonds. The van der Waals surface area contributed by atoms with Crippen molar-refractivity contribution in [3.63, 3.8) is 0 Å². The van der Waals surface area contributed by atoms with E-state index < -0.39 is 0 Å². The fraction of sp³-hybridized carbons (Fsp3) is 0.348. The molecule has 0 spiro atoms. The van der Waals surface area contributed by atoms with Crippen molar-refractivity contribution < 1.29 is 9.53 Å². The molecule has 150 valence electrons. The van der Waals surface area contributed by atoms with Gasteiger partial charge in [-0.25, -0.2) is 9.97 Å². The molecule has 6 heteroatoms. The number of para-hydroxylation sites is 2. The zero-order chi connectivity index (χ0) is 20.2. The number of fused-ring (bicyclic) bond motifs is 1. The highest BCUT2D eigenvalue weighted by Crippen LogP contribution is 2.21. The summed E-state index contributed by atoms with van der Waals surface area (Å²) in [6, 6.07) is 15.6. The van der Waals surface area contributed by atoms with E-state index in [1.165, 1.54) is 0 Å². The Morgan fingerprint density at radius 3 is 2.52 bits per heavy atom. The molecule has 4 rings (SSSR count). The second kappa shape index (κ2) is 8.57. The Hall–Kier alpha value is -2.99. The van der Waals surface area contributed by atoms with Gasteiger partial charge < -0.3 is 9.64 Å². The van der Waals surface area contributed by atoms with Gasteiger partial charge in [-0.2, -0.15) is 0 Å². The van der Waals surface area contributed by atoms with Crippen LogP contribution in [0.4, 0.5) is 0 Å². The van der Waals surface area contributed by atoms with Crippen LogP contribution in [-0.4, -0.2) is 58.5 Å². The number of amides is 1. The SMILES string of the molecule is CCOc1ccccc1C(=O)N1CCN(Cc2nc(C)c3ccccc3n2)CC1. The molecule has 0 unspecified atom stereocenters. The smallest absolute Gasteiger partial charge is 0.257 e. The molecule has 3 aromatic rings. The van der Waals surface area contributed by atoms with Crippen LogP contribution in [0.15, 0.2) is 48.5 Å². The second-order valence-electron chi connectivity index (χ2n) is 7.24. The molecule has 0 saturated carbocycles. The molecular weight excluding hydrogens is 364 g/mol. The van der Waals surface area contributed by atoms with Gasteiger partial charge >= 0.3 is 0 Å². The van der Waals surface area contributed by atoms with Crippen molar-refractivity contribution in [1.82, 2.24) is 19.8 Å². The number of hydrogen-bond acceptors (Lipinski definition) is 5. The summed E-state index contributed by atoms with van der Waals surface area (Å²) in [5.74, 6) is 1.52. The molecule has 1 fully saturated rings. The summed E-state index contributed by atoms with van der Waals surface area (Å²) < 4.78 is 5.62. The number of aromatic nitrogens is 2. The van der Waals surface area contributed by atoms with E-state index in [1.807, 2.05) is 61.2 Å². The highest BCUT2D eigenvalue weighted by molar-refractivity contribution is 5.97. The van der Waals surface area contributed by atoms with Crippen molar-refractivity contribution in [2.45, 2.75) is 20.4 Å². The minimum absolute atomic E-state index is 0.0338. The van der Waals surface area contributed by atoms with E-state index in [1.54, 1.807) is 0 Å². The van der Waals surface area contributed by atoms with Crippen LogP contribution in [0.3, 0.4) is 0 Å². The van der Waals surface area contributed by atoms with Gasteiger partial charge in [0.2, 0.25) is 0 Å². The number of carbonyl (C=O) groups is 1. The third-order valence-corrected chi connectivity index (χ3v) is 5.28. The minimum atomic E-state index is 0.0338. The van der Waals surface area contributed by atoms with Gasteiger partial charge in [-0.05, 0) is 32.0 Å². The van der Waals surface area contributed by atoms with Gasteiger partial charge in [0, 0.05) is 37.3 Å². The lowest BCUT2D eigenvalue weighted by molar-refractivity contribution is 0.0621. The third kappa shape index (κ3) is 4.22. The maximum atomic E-state index is 13.0. The van der Waals surface area contributed by atoms with Crippen molar-refractivity contribution >= 4 is 16.8 Å². The van der Waals surface area contributed by atoms with Crippen LogP contribution < -0.4 is 4.74 Å². The van der Waals surface area contributed by atoms with E-state index in [4.69, 9.17) is 9.72 Å². The first-order valence-corrected chi connectivity index (χ1v) is 10.1. The molecule has 0 atom stereocenters. The first kappa shape index (κ1) is 19.3. The Morgan fingerprint density at radius 2 is 1.72 bits per heavy atom. The highest BCUT2D eigenvalue weighted by Gasteiger charge is 2.24. The molecule has 29 heavy (non-hydrogen) atoms. The molecule has 2 heterocycles. The van der Waals surface area contributed by atoms with Gasteiger partial charge in [0.1, 0.15) is 11.6 Å². The Labute approximate surface area is 171 Å². The summed E-state index contributed by atoms with van der Waals surface area (Å²) in [4.78, 5) is 26.6. The molecule has 1 aliphatic heterocycles. The first-order valence-electron chi connectivity index (χ1n) is 10.1. The molecule has 2 aromatic carbocycles. The number of carbonyl (C=O) groups excluding carboxylic acids is 1. The van der Waals surface area contributed by atoms with E-state index in [0.717, 1.165) is 35.5 Å². The lowest BCUT2D eigenvalue weighted by Crippen LogP contribution is -2.48. The summed E-state index contributed by atoms with van der Waals surface area (Å²) in [5.41, 5.74) is 2.62. The van der Waals surface area contributed by atoms with Gasteiger partial charge in [0.05, 0.1) is 24.2 Å².